The average Bonchev–Trinajstić information content (AvgIpc) is 3.13. The quantitative estimate of drug-likeness (QED) is 0.645. The third kappa shape index (κ3) is 3.18. The molecule has 0 unspecified atom stereocenters. The van der Waals surface area contributed by atoms with Gasteiger partial charge in [-0.05, 0) is 37.1 Å². The molecule has 1 spiro atoms. The Morgan fingerprint density at radius 2 is 2.14 bits per heavy atom. The van der Waals surface area contributed by atoms with Gasteiger partial charge in [0.2, 0.25) is 0 Å². The van der Waals surface area contributed by atoms with E-state index in [1.807, 2.05) is 17.2 Å². The molecular weight excluding hydrogens is 411 g/mol. The molecule has 3 aromatic rings. The van der Waals surface area contributed by atoms with Crippen LogP contribution in [0, 0.1) is 5.41 Å². The molecule has 1 saturated heterocycles. The summed E-state index contributed by atoms with van der Waals surface area (Å²) in [6.07, 6.45) is 5.66. The first-order chi connectivity index (χ1) is 14.0. The van der Waals surface area contributed by atoms with Crippen molar-refractivity contribution in [1.82, 2.24) is 19.9 Å². The van der Waals surface area contributed by atoms with Crippen molar-refractivity contribution < 1.29 is 4.79 Å². The monoisotopic (exact) mass is 430 g/mol. The number of nitrogens with zero attached hydrogens (tertiary/aromatic N) is 4. The summed E-state index contributed by atoms with van der Waals surface area (Å²) in [4.78, 5) is 28.9. The third-order valence-electron chi connectivity index (χ3n) is 6.09. The van der Waals surface area contributed by atoms with E-state index in [1.54, 1.807) is 24.5 Å². The van der Waals surface area contributed by atoms with Crippen molar-refractivity contribution in [3.63, 3.8) is 0 Å². The van der Waals surface area contributed by atoms with Crippen LogP contribution in [-0.2, 0) is 0 Å². The lowest BCUT2D eigenvalue weighted by molar-refractivity contribution is 0.220. The fourth-order valence-corrected chi connectivity index (χ4v) is 4.82. The van der Waals surface area contributed by atoms with Crippen molar-refractivity contribution in [3.05, 3.63) is 46.8 Å². The maximum Gasteiger partial charge on any atom is 0.321 e. The number of anilines is 2. The molecule has 150 valence electrons. The average molecular weight is 431 g/mol. The van der Waals surface area contributed by atoms with Crippen molar-refractivity contribution in [2.45, 2.75) is 18.9 Å². The van der Waals surface area contributed by atoms with Gasteiger partial charge >= 0.3 is 6.03 Å². The number of likely N-dealkylation sites (N-methyl/N-ethyl adjacent to an activating group) is 1. The van der Waals surface area contributed by atoms with Crippen LogP contribution in [0.1, 0.15) is 12.8 Å². The molecular formula is C20H20Cl2N6O. The van der Waals surface area contributed by atoms with Gasteiger partial charge in [-0.2, -0.15) is 0 Å². The van der Waals surface area contributed by atoms with Crippen molar-refractivity contribution in [2.75, 3.05) is 30.4 Å². The summed E-state index contributed by atoms with van der Waals surface area (Å²) in [6.45, 7) is 1.35. The van der Waals surface area contributed by atoms with Crippen LogP contribution in [0.4, 0.5) is 16.3 Å². The Kier molecular flexibility index (Phi) is 4.33. The zero-order valence-electron chi connectivity index (χ0n) is 15.8. The molecule has 3 heterocycles. The van der Waals surface area contributed by atoms with Crippen LogP contribution in [0.3, 0.4) is 0 Å². The number of nitrogens with one attached hydrogen (secondary N) is 2. The highest BCUT2D eigenvalue weighted by atomic mass is 35.5. The molecule has 1 atom stereocenters. The van der Waals surface area contributed by atoms with E-state index in [1.165, 1.54) is 0 Å². The first-order valence-corrected chi connectivity index (χ1v) is 10.2. The van der Waals surface area contributed by atoms with E-state index < -0.39 is 0 Å². The molecule has 5 rings (SSSR count). The molecule has 29 heavy (non-hydrogen) atoms. The topological polar surface area (TPSA) is 77.2 Å². The zero-order chi connectivity index (χ0) is 20.2. The number of H-pyrrole nitrogens is 1. The van der Waals surface area contributed by atoms with Crippen LogP contribution < -0.4 is 10.2 Å². The molecule has 7 nitrogen and oxygen atoms in total. The second-order valence-electron chi connectivity index (χ2n) is 7.86. The molecule has 2 fully saturated rings. The Morgan fingerprint density at radius 1 is 1.31 bits per heavy atom. The van der Waals surface area contributed by atoms with E-state index in [0.29, 0.717) is 22.3 Å². The number of likely N-dealkylation sites (tertiary alicyclic amines) is 1. The van der Waals surface area contributed by atoms with Gasteiger partial charge in [0.15, 0.2) is 0 Å². The number of rotatable bonds is 3. The number of aromatic amines is 1. The number of carbonyl (C=O) groups excluding carboxylic acids is 1. The zero-order valence-corrected chi connectivity index (χ0v) is 17.3. The van der Waals surface area contributed by atoms with Gasteiger partial charge in [0, 0.05) is 36.8 Å². The van der Waals surface area contributed by atoms with Crippen molar-refractivity contribution in [1.29, 1.82) is 0 Å². The first kappa shape index (κ1) is 18.5. The standard InChI is InChI=1S/C20H20Cl2N6O/c1-27(18-13-4-7-23-17(13)24-11-25-18)16-9-28(10-20(16)5-6-20)19(29)26-15-3-2-12(21)8-14(15)22/h2-4,7-8,11,16H,5-6,9-10H2,1H3,(H,26,29)(H,23,24,25)/t16-/m0/s1. The van der Waals surface area contributed by atoms with Crippen molar-refractivity contribution in [3.8, 4) is 0 Å². The number of hydrogen-bond acceptors (Lipinski definition) is 4. The summed E-state index contributed by atoms with van der Waals surface area (Å²) in [5.41, 5.74) is 1.49. The van der Waals surface area contributed by atoms with Crippen LogP contribution >= 0.6 is 23.2 Å². The Balaban J connectivity index is 1.36. The van der Waals surface area contributed by atoms with E-state index in [4.69, 9.17) is 23.2 Å². The van der Waals surface area contributed by atoms with Crippen molar-refractivity contribution >= 4 is 51.8 Å². The summed E-state index contributed by atoms with van der Waals surface area (Å²) in [6, 6.07) is 7.09. The number of urea groups is 1. The lowest BCUT2D eigenvalue weighted by Gasteiger charge is -2.30. The van der Waals surface area contributed by atoms with Crippen LogP contribution in [0.2, 0.25) is 10.0 Å². The molecule has 1 saturated carbocycles. The fourth-order valence-electron chi connectivity index (χ4n) is 4.36. The smallest absolute Gasteiger partial charge is 0.321 e. The third-order valence-corrected chi connectivity index (χ3v) is 6.64. The summed E-state index contributed by atoms with van der Waals surface area (Å²) in [7, 11) is 2.05. The fraction of sp³-hybridized carbons (Fsp3) is 0.350. The molecule has 2 amide bonds. The van der Waals surface area contributed by atoms with E-state index in [-0.39, 0.29) is 17.5 Å². The highest BCUT2D eigenvalue weighted by molar-refractivity contribution is 6.36. The number of amides is 2. The van der Waals surface area contributed by atoms with Crippen LogP contribution in [0.15, 0.2) is 36.8 Å². The lowest BCUT2D eigenvalue weighted by atomic mass is 9.99. The Labute approximate surface area is 178 Å². The number of halogens is 2. The second-order valence-corrected chi connectivity index (χ2v) is 8.70. The largest absolute Gasteiger partial charge is 0.354 e. The first-order valence-electron chi connectivity index (χ1n) is 9.49. The molecule has 2 N–H and O–H groups in total. The highest BCUT2D eigenvalue weighted by Crippen LogP contribution is 2.55. The van der Waals surface area contributed by atoms with E-state index in [0.717, 1.165) is 36.2 Å². The number of hydrogen-bond donors (Lipinski definition) is 2. The van der Waals surface area contributed by atoms with Gasteiger partial charge in [-0.1, -0.05) is 23.2 Å². The molecule has 2 aromatic heterocycles. The molecule has 2 aliphatic rings. The molecule has 1 aliphatic heterocycles. The Hall–Kier alpha value is -2.51. The van der Waals surface area contributed by atoms with E-state index >= 15 is 0 Å². The SMILES string of the molecule is CN(c1ncnc2[nH]ccc12)[C@H]1CN(C(=O)Nc2ccc(Cl)cc2Cl)CC12CC2. The molecule has 0 radical (unpaired) electrons. The van der Waals surface area contributed by atoms with Gasteiger partial charge < -0.3 is 20.1 Å². The molecule has 9 heteroatoms. The maximum absolute atomic E-state index is 12.9. The van der Waals surface area contributed by atoms with Crippen LogP contribution in [0.5, 0.6) is 0 Å². The summed E-state index contributed by atoms with van der Waals surface area (Å²) in [5, 5.41) is 4.87. The second kappa shape index (κ2) is 6.78. The van der Waals surface area contributed by atoms with Gasteiger partial charge in [0.1, 0.15) is 17.8 Å². The minimum Gasteiger partial charge on any atom is -0.354 e. The number of carbonyl (C=O) groups is 1. The van der Waals surface area contributed by atoms with Gasteiger partial charge in [-0.25, -0.2) is 14.8 Å². The predicted molar refractivity (Wildman–Crippen MR) is 115 cm³/mol. The number of fused-ring (bicyclic) bond motifs is 1. The summed E-state index contributed by atoms with van der Waals surface area (Å²) in [5.74, 6) is 0.885. The lowest BCUT2D eigenvalue weighted by Crippen LogP contribution is -2.40. The number of aromatic nitrogens is 3. The predicted octanol–water partition coefficient (Wildman–Crippen LogP) is 4.40. The normalized spacial score (nSPS) is 19.7. The minimum absolute atomic E-state index is 0.115. The highest BCUT2D eigenvalue weighted by Gasteiger charge is 2.57. The van der Waals surface area contributed by atoms with Gasteiger partial charge in [-0.3, -0.25) is 0 Å². The van der Waals surface area contributed by atoms with Gasteiger partial charge in [0.25, 0.3) is 0 Å². The van der Waals surface area contributed by atoms with Crippen LogP contribution in [-0.4, -0.2) is 52.1 Å². The molecule has 0 bridgehead atoms. The number of benzene rings is 1. The van der Waals surface area contributed by atoms with E-state index in [2.05, 4.69) is 32.2 Å². The van der Waals surface area contributed by atoms with Gasteiger partial charge in [0.05, 0.1) is 22.1 Å². The van der Waals surface area contributed by atoms with Crippen LogP contribution in [0.25, 0.3) is 11.0 Å². The minimum atomic E-state index is -0.147. The van der Waals surface area contributed by atoms with Crippen molar-refractivity contribution in [2.24, 2.45) is 5.41 Å². The van der Waals surface area contributed by atoms with E-state index in [9.17, 15) is 4.79 Å². The molecule has 1 aliphatic carbocycles. The Morgan fingerprint density at radius 3 is 2.90 bits per heavy atom. The Bertz CT molecular complexity index is 1100. The summed E-state index contributed by atoms with van der Waals surface area (Å²) < 4.78 is 0. The van der Waals surface area contributed by atoms with Gasteiger partial charge in [-0.15, -0.1) is 0 Å². The summed E-state index contributed by atoms with van der Waals surface area (Å²) >= 11 is 12.2. The molecule has 1 aromatic carbocycles. The maximum atomic E-state index is 12.9.